The van der Waals surface area contributed by atoms with Crippen molar-refractivity contribution in [2.75, 3.05) is 0 Å². The van der Waals surface area contributed by atoms with Crippen molar-refractivity contribution in [1.82, 2.24) is 0 Å². The van der Waals surface area contributed by atoms with Gasteiger partial charge in [-0.15, -0.1) is 0 Å². The Hall–Kier alpha value is -1.50. The number of rotatable bonds is 2. The predicted octanol–water partition coefficient (Wildman–Crippen LogP) is -0.758. The minimum absolute atomic E-state index is 0.0696. The van der Waals surface area contributed by atoms with E-state index in [1.54, 1.807) is 0 Å². The maximum atomic E-state index is 11.3. The van der Waals surface area contributed by atoms with Crippen molar-refractivity contribution < 1.29 is 36.2 Å². The quantitative estimate of drug-likeness (QED) is 0.434. The minimum Gasteiger partial charge on any atom is -0.508 e. The number of aliphatic hydroxyl groups excluding tert-OH is 1. The monoisotopic (exact) mass is 337 g/mol. The van der Waals surface area contributed by atoms with E-state index < -0.39 is 41.9 Å². The Morgan fingerprint density at radius 3 is 2.19 bits per heavy atom. The summed E-state index contributed by atoms with van der Waals surface area (Å²) in [4.78, 5) is -3.23. The SMILES string of the molecule is NC1(S(=O)(=O)O)C=Cc2cc(S(=O)(=O)O)cc(O)c2C1O. The van der Waals surface area contributed by atoms with Gasteiger partial charge in [0.2, 0.25) is 0 Å². The molecule has 0 aromatic heterocycles. The van der Waals surface area contributed by atoms with Crippen LogP contribution < -0.4 is 5.73 Å². The molecular weight excluding hydrogens is 326 g/mol. The first-order valence-corrected chi connectivity index (χ1v) is 8.23. The molecule has 0 saturated carbocycles. The lowest BCUT2D eigenvalue weighted by Crippen LogP contribution is -2.52. The van der Waals surface area contributed by atoms with Crippen LogP contribution in [0.3, 0.4) is 0 Å². The van der Waals surface area contributed by atoms with E-state index in [0.717, 1.165) is 18.2 Å². The van der Waals surface area contributed by atoms with E-state index in [1.165, 1.54) is 0 Å². The lowest BCUT2D eigenvalue weighted by atomic mass is 9.90. The largest absolute Gasteiger partial charge is 0.508 e. The molecule has 0 radical (unpaired) electrons. The van der Waals surface area contributed by atoms with E-state index in [-0.39, 0.29) is 11.1 Å². The first-order chi connectivity index (χ1) is 9.38. The van der Waals surface area contributed by atoms with Crippen molar-refractivity contribution in [2.24, 2.45) is 5.73 Å². The molecule has 2 unspecified atom stereocenters. The van der Waals surface area contributed by atoms with Gasteiger partial charge in [-0.05, 0) is 17.7 Å². The molecule has 0 aliphatic heterocycles. The molecule has 0 bridgehead atoms. The Morgan fingerprint density at radius 1 is 1.14 bits per heavy atom. The van der Waals surface area contributed by atoms with E-state index >= 15 is 0 Å². The lowest BCUT2D eigenvalue weighted by Gasteiger charge is -2.32. The summed E-state index contributed by atoms with van der Waals surface area (Å²) < 4.78 is 62.6. The van der Waals surface area contributed by atoms with Crippen LogP contribution in [0.25, 0.3) is 6.08 Å². The number of phenolic OH excluding ortho intramolecular Hbond substituents is 1. The Balaban J connectivity index is 2.74. The molecule has 0 fully saturated rings. The fraction of sp³-hybridized carbons (Fsp3) is 0.200. The molecular formula is C10H11NO8S2. The number of nitrogens with two attached hydrogens (primary N) is 1. The predicted molar refractivity (Wildman–Crippen MR) is 70.4 cm³/mol. The van der Waals surface area contributed by atoms with Gasteiger partial charge < -0.3 is 15.9 Å². The van der Waals surface area contributed by atoms with Crippen LogP contribution in [0, 0.1) is 0 Å². The molecule has 1 aliphatic carbocycles. The Kier molecular flexibility index (Phi) is 3.40. The molecule has 0 saturated heterocycles. The molecule has 1 aromatic carbocycles. The third kappa shape index (κ3) is 2.43. The number of benzene rings is 1. The summed E-state index contributed by atoms with van der Waals surface area (Å²) in [6.07, 6.45) is -0.282. The van der Waals surface area contributed by atoms with Crippen molar-refractivity contribution >= 4 is 26.3 Å². The van der Waals surface area contributed by atoms with E-state index in [2.05, 4.69) is 0 Å². The first-order valence-electron chi connectivity index (χ1n) is 5.35. The third-order valence-electron chi connectivity index (χ3n) is 3.13. The van der Waals surface area contributed by atoms with Crippen LogP contribution >= 0.6 is 0 Å². The van der Waals surface area contributed by atoms with Gasteiger partial charge in [-0.1, -0.05) is 6.08 Å². The zero-order chi connectivity index (χ0) is 16.2. The summed E-state index contributed by atoms with van der Waals surface area (Å²) in [7, 11) is -9.52. The van der Waals surface area contributed by atoms with E-state index in [9.17, 15) is 27.0 Å². The van der Waals surface area contributed by atoms with Gasteiger partial charge in [-0.25, -0.2) is 0 Å². The smallest absolute Gasteiger partial charge is 0.294 e. The zero-order valence-electron chi connectivity index (χ0n) is 10.2. The van der Waals surface area contributed by atoms with Crippen molar-refractivity contribution in [3.05, 3.63) is 29.3 Å². The lowest BCUT2D eigenvalue weighted by molar-refractivity contribution is 0.136. The molecule has 9 nitrogen and oxygen atoms in total. The molecule has 1 aliphatic rings. The van der Waals surface area contributed by atoms with Crippen LogP contribution in [0.5, 0.6) is 5.75 Å². The molecule has 21 heavy (non-hydrogen) atoms. The van der Waals surface area contributed by atoms with Crippen LogP contribution in [-0.2, 0) is 20.2 Å². The van der Waals surface area contributed by atoms with Gasteiger partial charge in [0, 0.05) is 11.6 Å². The number of aliphatic hydroxyl groups is 1. The highest BCUT2D eigenvalue weighted by atomic mass is 32.2. The van der Waals surface area contributed by atoms with E-state index in [4.69, 9.17) is 14.8 Å². The summed E-state index contributed by atoms with van der Waals surface area (Å²) in [6.45, 7) is 0. The van der Waals surface area contributed by atoms with Gasteiger partial charge in [0.05, 0.1) is 4.90 Å². The number of hydrogen-bond acceptors (Lipinski definition) is 7. The van der Waals surface area contributed by atoms with Gasteiger partial charge in [-0.3, -0.25) is 9.11 Å². The van der Waals surface area contributed by atoms with Gasteiger partial charge in [-0.2, -0.15) is 16.8 Å². The standard InChI is InChI=1S/C10H11NO8S2/c11-10(21(17,18)19)2-1-5-3-6(20(14,15)16)4-7(12)8(5)9(10)13/h1-4,9,12-13H,11H2,(H,14,15,16)(H,17,18,19). The molecule has 2 atom stereocenters. The second kappa shape index (κ2) is 4.50. The Morgan fingerprint density at radius 2 is 1.71 bits per heavy atom. The summed E-state index contributed by atoms with van der Waals surface area (Å²) in [5.74, 6) is -0.796. The topological polar surface area (TPSA) is 175 Å². The second-order valence-corrected chi connectivity index (χ2v) is 7.56. The molecule has 0 amide bonds. The van der Waals surface area contributed by atoms with E-state index in [1.807, 2.05) is 0 Å². The van der Waals surface area contributed by atoms with Crippen molar-refractivity contribution in [1.29, 1.82) is 0 Å². The van der Waals surface area contributed by atoms with Crippen LogP contribution in [0.4, 0.5) is 0 Å². The summed E-state index contributed by atoms with van der Waals surface area (Å²) in [5, 5.41) is 19.8. The van der Waals surface area contributed by atoms with Gasteiger partial charge >= 0.3 is 0 Å². The number of hydrogen-bond donors (Lipinski definition) is 5. The van der Waals surface area contributed by atoms with Crippen LogP contribution in [0.1, 0.15) is 17.2 Å². The molecule has 116 valence electrons. The summed E-state index contributed by atoms with van der Waals surface area (Å²) in [5.41, 5.74) is 4.98. The highest BCUT2D eigenvalue weighted by Gasteiger charge is 2.48. The van der Waals surface area contributed by atoms with Gasteiger partial charge in [0.1, 0.15) is 11.9 Å². The average Bonchev–Trinajstić information content (AvgIpc) is 2.30. The third-order valence-corrected chi connectivity index (χ3v) is 5.22. The maximum absolute atomic E-state index is 11.3. The molecule has 1 aromatic rings. The highest BCUT2D eigenvalue weighted by Crippen LogP contribution is 2.42. The van der Waals surface area contributed by atoms with Gasteiger partial charge in [0.15, 0.2) is 4.87 Å². The zero-order valence-corrected chi connectivity index (χ0v) is 11.8. The van der Waals surface area contributed by atoms with Crippen molar-refractivity contribution in [2.45, 2.75) is 15.9 Å². The van der Waals surface area contributed by atoms with Gasteiger partial charge in [0.25, 0.3) is 20.2 Å². The fourth-order valence-corrected chi connectivity index (χ4v) is 3.16. The van der Waals surface area contributed by atoms with Crippen molar-refractivity contribution in [3.8, 4) is 5.75 Å². The molecule has 0 heterocycles. The first kappa shape index (κ1) is 15.9. The highest BCUT2D eigenvalue weighted by molar-refractivity contribution is 7.87. The normalized spacial score (nSPS) is 25.6. The molecule has 11 heteroatoms. The second-order valence-electron chi connectivity index (χ2n) is 4.48. The molecule has 6 N–H and O–H groups in total. The summed E-state index contributed by atoms with van der Waals surface area (Å²) in [6, 6.07) is 1.54. The molecule has 2 rings (SSSR count). The molecule has 0 spiro atoms. The number of fused-ring (bicyclic) bond motifs is 1. The van der Waals surface area contributed by atoms with E-state index in [0.29, 0.717) is 6.07 Å². The summed E-state index contributed by atoms with van der Waals surface area (Å²) >= 11 is 0. The van der Waals surface area contributed by atoms with Crippen LogP contribution in [0.15, 0.2) is 23.1 Å². The Labute approximate surface area is 119 Å². The maximum Gasteiger partial charge on any atom is 0.294 e. The Bertz CT molecular complexity index is 842. The van der Waals surface area contributed by atoms with Crippen LogP contribution in [-0.4, -0.2) is 41.0 Å². The fourth-order valence-electron chi connectivity index (χ4n) is 1.98. The number of aromatic hydroxyl groups is 1. The average molecular weight is 337 g/mol. The van der Waals surface area contributed by atoms with Crippen LogP contribution in [0.2, 0.25) is 0 Å². The van der Waals surface area contributed by atoms with Crippen molar-refractivity contribution in [3.63, 3.8) is 0 Å². The number of phenols is 1. The minimum atomic E-state index is -4.91.